The fraction of sp³-hybridized carbons (Fsp3) is 0.125. The van der Waals surface area contributed by atoms with Crippen molar-refractivity contribution < 1.29 is 37.0 Å². The van der Waals surface area contributed by atoms with Gasteiger partial charge >= 0.3 is 11.9 Å². The number of esters is 2. The highest BCUT2D eigenvalue weighted by Gasteiger charge is 2.25. The van der Waals surface area contributed by atoms with Crippen molar-refractivity contribution in [1.82, 2.24) is 0 Å². The molecule has 0 spiro atoms. The van der Waals surface area contributed by atoms with E-state index in [4.69, 9.17) is 4.74 Å². The molecule has 3 aromatic carbocycles. The normalized spacial score (nSPS) is 10.7. The molecule has 10 nitrogen and oxygen atoms in total. The number of amides is 1. The second-order valence-corrected chi connectivity index (χ2v) is 8.68. The summed E-state index contributed by atoms with van der Waals surface area (Å²) in [6.45, 7) is 0. The van der Waals surface area contributed by atoms with Gasteiger partial charge in [0.15, 0.2) is 0 Å². The maximum absolute atomic E-state index is 13.1. The number of sulfonamides is 1. The third-order valence-electron chi connectivity index (χ3n) is 4.85. The van der Waals surface area contributed by atoms with Crippen molar-refractivity contribution in [3.8, 4) is 5.75 Å². The van der Waals surface area contributed by atoms with Crippen LogP contribution in [0.4, 0.5) is 11.4 Å². The van der Waals surface area contributed by atoms with E-state index in [1.165, 1.54) is 37.4 Å². The number of anilines is 2. The molecule has 0 radical (unpaired) electrons. The fourth-order valence-corrected chi connectivity index (χ4v) is 4.39. The molecule has 0 aromatic heterocycles. The average molecular weight is 499 g/mol. The van der Waals surface area contributed by atoms with Gasteiger partial charge in [0.05, 0.1) is 38.1 Å². The summed E-state index contributed by atoms with van der Waals surface area (Å²) in [5.41, 5.74) is 0.537. The van der Waals surface area contributed by atoms with Crippen LogP contribution in [0, 0.1) is 0 Å². The molecule has 11 heteroatoms. The number of methoxy groups -OCH3 is 3. The molecule has 182 valence electrons. The molecule has 0 bridgehead atoms. The van der Waals surface area contributed by atoms with E-state index in [0.29, 0.717) is 11.4 Å². The minimum absolute atomic E-state index is 0.0658. The number of hydrogen-bond acceptors (Lipinski definition) is 8. The molecule has 2 N–H and O–H groups in total. The Kier molecular flexibility index (Phi) is 7.72. The van der Waals surface area contributed by atoms with Crippen LogP contribution in [0.1, 0.15) is 31.1 Å². The lowest BCUT2D eigenvalue weighted by Gasteiger charge is -2.13. The van der Waals surface area contributed by atoms with Gasteiger partial charge in [-0.1, -0.05) is 12.1 Å². The molecule has 3 aromatic rings. The third-order valence-corrected chi connectivity index (χ3v) is 6.27. The smallest absolute Gasteiger partial charge is 0.339 e. The zero-order chi connectivity index (χ0) is 25.6. The van der Waals surface area contributed by atoms with Crippen LogP contribution in [0.5, 0.6) is 5.75 Å². The molecule has 0 unspecified atom stereocenters. The number of rotatable bonds is 8. The molecule has 35 heavy (non-hydrogen) atoms. The first-order valence-electron chi connectivity index (χ1n) is 10.1. The number of nitrogens with one attached hydrogen (secondary N) is 2. The highest BCUT2D eigenvalue weighted by atomic mass is 32.2. The van der Waals surface area contributed by atoms with Crippen molar-refractivity contribution in [2.75, 3.05) is 31.4 Å². The molecule has 0 aliphatic carbocycles. The van der Waals surface area contributed by atoms with Crippen molar-refractivity contribution in [3.63, 3.8) is 0 Å². The van der Waals surface area contributed by atoms with Crippen LogP contribution in [-0.4, -0.2) is 47.6 Å². The number of hydrogen-bond donors (Lipinski definition) is 2. The molecule has 0 atom stereocenters. The lowest BCUT2D eigenvalue weighted by molar-refractivity contribution is 0.0583. The van der Waals surface area contributed by atoms with Crippen LogP contribution in [0.25, 0.3) is 0 Å². The van der Waals surface area contributed by atoms with Gasteiger partial charge in [0.25, 0.3) is 15.9 Å². The predicted molar refractivity (Wildman–Crippen MR) is 127 cm³/mol. The first-order valence-corrected chi connectivity index (χ1v) is 11.6. The maximum atomic E-state index is 13.1. The molecule has 0 aliphatic heterocycles. The first kappa shape index (κ1) is 25.2. The summed E-state index contributed by atoms with van der Waals surface area (Å²) in [7, 11) is -0.591. The molecule has 0 saturated heterocycles. The molecular formula is C24H22N2O8S. The van der Waals surface area contributed by atoms with Gasteiger partial charge in [0, 0.05) is 11.3 Å². The topological polar surface area (TPSA) is 137 Å². The molecular weight excluding hydrogens is 476 g/mol. The Labute approximate surface area is 201 Å². The Bertz CT molecular complexity index is 1370. The van der Waals surface area contributed by atoms with E-state index in [0.717, 1.165) is 26.4 Å². The van der Waals surface area contributed by atoms with E-state index in [2.05, 4.69) is 19.5 Å². The van der Waals surface area contributed by atoms with E-state index >= 15 is 0 Å². The van der Waals surface area contributed by atoms with Crippen LogP contribution >= 0.6 is 0 Å². The van der Waals surface area contributed by atoms with Crippen LogP contribution in [0.15, 0.2) is 71.6 Å². The van der Waals surface area contributed by atoms with Crippen molar-refractivity contribution in [2.45, 2.75) is 4.90 Å². The summed E-state index contributed by atoms with van der Waals surface area (Å²) in [5, 5.41) is 2.72. The van der Waals surface area contributed by atoms with Crippen molar-refractivity contribution in [1.29, 1.82) is 0 Å². The molecule has 3 rings (SSSR count). The Balaban J connectivity index is 1.85. The quantitative estimate of drug-likeness (QED) is 0.451. The zero-order valence-electron chi connectivity index (χ0n) is 19.0. The Hall–Kier alpha value is -4.38. The standard InChI is InChI=1S/C24H22N2O8S/c1-32-20-7-5-4-6-19(20)25-22(27)15-8-11-17(12-9-15)26-35(30,31)21-14-16(23(28)33-2)10-13-18(21)24(29)34-3/h4-14,26H,1-3H3,(H,25,27). The summed E-state index contributed by atoms with van der Waals surface area (Å²) in [6, 6.07) is 16.0. The fourth-order valence-electron chi connectivity index (χ4n) is 3.11. The first-order chi connectivity index (χ1) is 16.7. The maximum Gasteiger partial charge on any atom is 0.339 e. The summed E-state index contributed by atoms with van der Waals surface area (Å²) in [4.78, 5) is 36.1. The van der Waals surface area contributed by atoms with E-state index in [-0.39, 0.29) is 22.4 Å². The van der Waals surface area contributed by atoms with Crippen LogP contribution in [0.2, 0.25) is 0 Å². The van der Waals surface area contributed by atoms with E-state index in [1.807, 2.05) is 0 Å². The number of carbonyl (C=O) groups excluding carboxylic acids is 3. The molecule has 0 heterocycles. The van der Waals surface area contributed by atoms with Gasteiger partial charge < -0.3 is 19.5 Å². The Morgan fingerprint density at radius 2 is 1.40 bits per heavy atom. The van der Waals surface area contributed by atoms with Crippen molar-refractivity contribution >= 4 is 39.2 Å². The van der Waals surface area contributed by atoms with Crippen LogP contribution in [0.3, 0.4) is 0 Å². The minimum Gasteiger partial charge on any atom is -0.495 e. The third kappa shape index (κ3) is 5.76. The van der Waals surface area contributed by atoms with Gasteiger partial charge in [-0.2, -0.15) is 0 Å². The Morgan fingerprint density at radius 1 is 0.771 bits per heavy atom. The molecule has 0 aliphatic rings. The second kappa shape index (κ2) is 10.7. The van der Waals surface area contributed by atoms with Crippen molar-refractivity contribution in [3.05, 3.63) is 83.4 Å². The molecule has 0 fully saturated rings. The summed E-state index contributed by atoms with van der Waals surface area (Å²) in [6.07, 6.45) is 0. The van der Waals surface area contributed by atoms with Gasteiger partial charge in [-0.25, -0.2) is 18.0 Å². The summed E-state index contributed by atoms with van der Waals surface area (Å²) in [5.74, 6) is -1.61. The van der Waals surface area contributed by atoms with Crippen molar-refractivity contribution in [2.24, 2.45) is 0 Å². The van der Waals surface area contributed by atoms with E-state index < -0.39 is 32.8 Å². The van der Waals surface area contributed by atoms with Gasteiger partial charge in [0.1, 0.15) is 10.6 Å². The SMILES string of the molecule is COC(=O)c1ccc(C(=O)OC)c(S(=O)(=O)Nc2ccc(C(=O)Nc3ccccc3OC)cc2)c1. The van der Waals surface area contributed by atoms with Crippen LogP contribution in [-0.2, 0) is 19.5 Å². The van der Waals surface area contributed by atoms with Gasteiger partial charge in [-0.15, -0.1) is 0 Å². The number of ether oxygens (including phenoxy) is 3. The molecule has 0 saturated carbocycles. The van der Waals surface area contributed by atoms with Gasteiger partial charge in [-0.05, 0) is 54.6 Å². The average Bonchev–Trinajstić information content (AvgIpc) is 2.87. The van der Waals surface area contributed by atoms with E-state index in [9.17, 15) is 22.8 Å². The predicted octanol–water partition coefficient (Wildman–Crippen LogP) is 3.32. The number of benzene rings is 3. The van der Waals surface area contributed by atoms with E-state index in [1.54, 1.807) is 24.3 Å². The van der Waals surface area contributed by atoms with Gasteiger partial charge in [0.2, 0.25) is 0 Å². The summed E-state index contributed by atoms with van der Waals surface area (Å²) >= 11 is 0. The lowest BCUT2D eigenvalue weighted by atomic mass is 10.1. The number of para-hydroxylation sites is 2. The summed E-state index contributed by atoms with van der Waals surface area (Å²) < 4.78 is 43.0. The Morgan fingerprint density at radius 3 is 2.03 bits per heavy atom. The highest BCUT2D eigenvalue weighted by Crippen LogP contribution is 2.25. The zero-order valence-corrected chi connectivity index (χ0v) is 19.8. The highest BCUT2D eigenvalue weighted by molar-refractivity contribution is 7.92. The second-order valence-electron chi connectivity index (χ2n) is 7.03. The van der Waals surface area contributed by atoms with Gasteiger partial charge in [-0.3, -0.25) is 9.52 Å². The largest absolute Gasteiger partial charge is 0.495 e. The minimum atomic E-state index is -4.33. The molecule has 1 amide bonds. The number of carbonyl (C=O) groups is 3. The monoisotopic (exact) mass is 498 g/mol. The van der Waals surface area contributed by atoms with Crippen LogP contribution < -0.4 is 14.8 Å². The lowest BCUT2D eigenvalue weighted by Crippen LogP contribution is -2.19.